The molecule has 1 aliphatic heterocycles. The lowest BCUT2D eigenvalue weighted by molar-refractivity contribution is -0.139. The van der Waals surface area contributed by atoms with Crippen molar-refractivity contribution in [1.29, 1.82) is 0 Å². The van der Waals surface area contributed by atoms with E-state index in [0.717, 1.165) is 11.0 Å². The zero-order chi connectivity index (χ0) is 16.6. The lowest BCUT2D eigenvalue weighted by Crippen LogP contribution is -2.29. The van der Waals surface area contributed by atoms with Crippen molar-refractivity contribution in [3.8, 4) is 0 Å². The molecule has 124 valence electrons. The van der Waals surface area contributed by atoms with Gasteiger partial charge >= 0.3 is 6.18 Å². The second-order valence-corrected chi connectivity index (χ2v) is 5.64. The van der Waals surface area contributed by atoms with E-state index in [0.29, 0.717) is 13.0 Å². The van der Waals surface area contributed by atoms with E-state index in [-0.39, 0.29) is 22.0 Å². The van der Waals surface area contributed by atoms with Crippen LogP contribution in [0.1, 0.15) is 12.8 Å². The van der Waals surface area contributed by atoms with Crippen molar-refractivity contribution in [1.82, 2.24) is 9.55 Å². The maximum atomic E-state index is 12.8. The summed E-state index contributed by atoms with van der Waals surface area (Å²) < 4.78 is 44.7. The topological polar surface area (TPSA) is 56.2 Å². The number of nitrogens with one attached hydrogen (secondary N) is 1. The van der Waals surface area contributed by atoms with Gasteiger partial charge in [0.05, 0.1) is 10.5 Å². The minimum absolute atomic E-state index is 0.189. The van der Waals surface area contributed by atoms with E-state index in [4.69, 9.17) is 16.3 Å². The summed E-state index contributed by atoms with van der Waals surface area (Å²) in [6, 6.07) is 4.53. The first-order valence-electron chi connectivity index (χ1n) is 6.99. The van der Waals surface area contributed by atoms with Crippen LogP contribution in [0.25, 0.3) is 11.0 Å². The highest BCUT2D eigenvalue weighted by atomic mass is 35.5. The molecule has 5 nitrogen and oxygen atoms in total. The number of fused-ring (bicyclic) bond motifs is 1. The van der Waals surface area contributed by atoms with E-state index in [2.05, 4.69) is 10.3 Å². The SMILES string of the molecule is O=C(Nc1nc2c(Cl)cccc2n1CC(F)(F)F)[C@@H]1CCCO1. The minimum Gasteiger partial charge on any atom is -0.368 e. The number of amides is 1. The van der Waals surface area contributed by atoms with Gasteiger partial charge in [-0.25, -0.2) is 4.98 Å². The fraction of sp³-hybridized carbons (Fsp3) is 0.429. The Hall–Kier alpha value is -1.80. The summed E-state index contributed by atoms with van der Waals surface area (Å²) in [5.74, 6) is -0.691. The predicted molar refractivity (Wildman–Crippen MR) is 78.4 cm³/mol. The summed E-state index contributed by atoms with van der Waals surface area (Å²) in [6.45, 7) is -0.812. The lowest BCUT2D eigenvalue weighted by Gasteiger charge is -2.14. The molecule has 1 aromatic carbocycles. The Bertz CT molecular complexity index is 739. The highest BCUT2D eigenvalue weighted by Crippen LogP contribution is 2.30. The van der Waals surface area contributed by atoms with Gasteiger partial charge in [0.25, 0.3) is 5.91 Å². The van der Waals surface area contributed by atoms with Gasteiger partial charge in [0.15, 0.2) is 0 Å². The number of rotatable bonds is 3. The monoisotopic (exact) mass is 347 g/mol. The maximum Gasteiger partial charge on any atom is 0.406 e. The molecule has 0 radical (unpaired) electrons. The minimum atomic E-state index is -4.46. The Labute approximate surface area is 134 Å². The second-order valence-electron chi connectivity index (χ2n) is 5.24. The predicted octanol–water partition coefficient (Wildman–Crippen LogP) is 3.37. The summed E-state index contributed by atoms with van der Waals surface area (Å²) in [5.41, 5.74) is 0.415. The molecule has 0 bridgehead atoms. The molecule has 3 rings (SSSR count). The number of nitrogens with zero attached hydrogens (tertiary/aromatic N) is 2. The van der Waals surface area contributed by atoms with E-state index in [1.807, 2.05) is 0 Å². The molecule has 0 aliphatic carbocycles. The van der Waals surface area contributed by atoms with Crippen molar-refractivity contribution in [2.45, 2.75) is 31.7 Å². The van der Waals surface area contributed by atoms with E-state index < -0.39 is 24.7 Å². The summed E-state index contributed by atoms with van der Waals surface area (Å²) in [7, 11) is 0. The lowest BCUT2D eigenvalue weighted by atomic mass is 10.2. The molecule has 1 saturated heterocycles. The average Bonchev–Trinajstić information content (AvgIpc) is 3.08. The number of alkyl halides is 3. The van der Waals surface area contributed by atoms with Crippen molar-refractivity contribution < 1.29 is 22.7 Å². The van der Waals surface area contributed by atoms with Gasteiger partial charge in [0.1, 0.15) is 18.2 Å². The third kappa shape index (κ3) is 3.42. The van der Waals surface area contributed by atoms with Gasteiger partial charge in [-0.05, 0) is 25.0 Å². The van der Waals surface area contributed by atoms with Crippen LogP contribution in [0, 0.1) is 0 Å². The molecule has 2 aromatic rings. The van der Waals surface area contributed by atoms with E-state index in [1.165, 1.54) is 18.2 Å². The van der Waals surface area contributed by atoms with Crippen LogP contribution in [-0.2, 0) is 16.1 Å². The van der Waals surface area contributed by atoms with Gasteiger partial charge in [-0.1, -0.05) is 17.7 Å². The number of imidazole rings is 1. The van der Waals surface area contributed by atoms with Crippen molar-refractivity contribution in [3.05, 3.63) is 23.2 Å². The largest absolute Gasteiger partial charge is 0.406 e. The molecule has 23 heavy (non-hydrogen) atoms. The molecule has 1 atom stereocenters. The van der Waals surface area contributed by atoms with E-state index in [9.17, 15) is 18.0 Å². The first kappa shape index (κ1) is 16.1. The van der Waals surface area contributed by atoms with Crippen molar-refractivity contribution in [3.63, 3.8) is 0 Å². The van der Waals surface area contributed by atoms with Gasteiger partial charge < -0.3 is 9.30 Å². The quantitative estimate of drug-likeness (QED) is 0.926. The molecule has 1 amide bonds. The molecule has 1 aromatic heterocycles. The number of carbonyl (C=O) groups is 1. The van der Waals surface area contributed by atoms with Crippen LogP contribution in [0.2, 0.25) is 5.02 Å². The number of ether oxygens (including phenoxy) is 1. The summed E-state index contributed by atoms with van der Waals surface area (Å²) in [6.07, 6.45) is -3.85. The van der Waals surface area contributed by atoms with Crippen LogP contribution in [0.4, 0.5) is 19.1 Å². The van der Waals surface area contributed by atoms with Crippen LogP contribution >= 0.6 is 11.6 Å². The molecular formula is C14H13ClF3N3O2. The summed E-state index contributed by atoms with van der Waals surface area (Å²) in [4.78, 5) is 16.1. The highest BCUT2D eigenvalue weighted by molar-refractivity contribution is 6.35. The number of carbonyl (C=O) groups excluding carboxylic acids is 1. The Kier molecular flexibility index (Phi) is 4.20. The van der Waals surface area contributed by atoms with Crippen LogP contribution in [0.5, 0.6) is 0 Å². The normalized spacial score (nSPS) is 18.5. The number of halogens is 4. The molecule has 0 unspecified atom stereocenters. The number of hydrogen-bond donors (Lipinski definition) is 1. The molecule has 1 N–H and O–H groups in total. The summed E-state index contributed by atoms with van der Waals surface area (Å²) in [5, 5.41) is 2.64. The number of aromatic nitrogens is 2. The third-order valence-corrected chi connectivity index (χ3v) is 3.83. The second kappa shape index (κ2) is 6.01. The van der Waals surface area contributed by atoms with E-state index >= 15 is 0 Å². The molecule has 0 saturated carbocycles. The van der Waals surface area contributed by atoms with Crippen LogP contribution in [-0.4, -0.2) is 34.3 Å². The molecule has 9 heteroatoms. The van der Waals surface area contributed by atoms with Crippen LogP contribution in [0.3, 0.4) is 0 Å². The van der Waals surface area contributed by atoms with Gasteiger partial charge in [-0.2, -0.15) is 13.2 Å². The molecule has 1 fully saturated rings. The van der Waals surface area contributed by atoms with E-state index in [1.54, 1.807) is 0 Å². The van der Waals surface area contributed by atoms with Crippen molar-refractivity contribution in [2.24, 2.45) is 0 Å². The zero-order valence-electron chi connectivity index (χ0n) is 11.9. The van der Waals surface area contributed by atoms with Crippen LogP contribution in [0.15, 0.2) is 18.2 Å². The average molecular weight is 348 g/mol. The third-order valence-electron chi connectivity index (χ3n) is 3.52. The number of para-hydroxylation sites is 1. The standard InChI is InChI=1S/C14H13ClF3N3O2/c15-8-3-1-4-9-11(8)19-13(21(9)7-14(16,17)18)20-12(22)10-5-2-6-23-10/h1,3-4,10H,2,5-7H2,(H,19,20,22)/t10-/m0/s1. The first-order chi connectivity index (χ1) is 10.8. The Morgan fingerprint density at radius 1 is 1.48 bits per heavy atom. The number of hydrogen-bond acceptors (Lipinski definition) is 3. The first-order valence-corrected chi connectivity index (χ1v) is 7.37. The Morgan fingerprint density at radius 3 is 2.91 bits per heavy atom. The van der Waals surface area contributed by atoms with Crippen LogP contribution < -0.4 is 5.32 Å². The highest BCUT2D eigenvalue weighted by Gasteiger charge is 2.32. The van der Waals surface area contributed by atoms with Gasteiger partial charge in [-0.15, -0.1) is 0 Å². The smallest absolute Gasteiger partial charge is 0.368 e. The fourth-order valence-corrected chi connectivity index (χ4v) is 2.73. The van der Waals surface area contributed by atoms with Crippen molar-refractivity contribution in [2.75, 3.05) is 11.9 Å². The van der Waals surface area contributed by atoms with Crippen molar-refractivity contribution >= 4 is 34.5 Å². The Morgan fingerprint density at radius 2 is 2.26 bits per heavy atom. The summed E-state index contributed by atoms with van der Waals surface area (Å²) >= 11 is 5.98. The number of benzene rings is 1. The maximum absolute atomic E-state index is 12.8. The Balaban J connectivity index is 1.98. The van der Waals surface area contributed by atoms with Gasteiger partial charge in [0.2, 0.25) is 5.95 Å². The molecule has 2 heterocycles. The van der Waals surface area contributed by atoms with Gasteiger partial charge in [-0.3, -0.25) is 10.1 Å². The number of anilines is 1. The fourth-order valence-electron chi connectivity index (χ4n) is 2.52. The van der Waals surface area contributed by atoms with Gasteiger partial charge in [0, 0.05) is 6.61 Å². The molecule has 1 aliphatic rings. The zero-order valence-corrected chi connectivity index (χ0v) is 12.6. The molecular weight excluding hydrogens is 335 g/mol. The molecule has 0 spiro atoms.